The van der Waals surface area contributed by atoms with Crippen molar-refractivity contribution in [1.82, 2.24) is 5.32 Å². The molecule has 20 heavy (non-hydrogen) atoms. The summed E-state index contributed by atoms with van der Waals surface area (Å²) in [5.41, 5.74) is 0.461. The molecule has 0 saturated heterocycles. The second kappa shape index (κ2) is 9.04. The van der Waals surface area contributed by atoms with Crippen molar-refractivity contribution >= 4 is 0 Å². The van der Waals surface area contributed by atoms with Crippen LogP contribution in [0.4, 0.5) is 0 Å². The number of unbranched alkanes of at least 4 members (excludes halogenated alkanes) is 1. The van der Waals surface area contributed by atoms with Crippen molar-refractivity contribution in [3.05, 3.63) is 0 Å². The van der Waals surface area contributed by atoms with E-state index in [9.17, 15) is 0 Å². The lowest BCUT2D eigenvalue weighted by Crippen LogP contribution is -2.45. The second-order valence-electron chi connectivity index (χ2n) is 7.34. The SMILES string of the molecule is CCCCC1CCC(CNC(C)C)(C(C)COC)CC1. The van der Waals surface area contributed by atoms with Crippen LogP contribution in [0, 0.1) is 17.3 Å². The summed E-state index contributed by atoms with van der Waals surface area (Å²) in [5, 5.41) is 3.70. The molecule has 1 fully saturated rings. The van der Waals surface area contributed by atoms with Gasteiger partial charge in [-0.05, 0) is 42.9 Å². The Balaban J connectivity index is 2.57. The summed E-state index contributed by atoms with van der Waals surface area (Å²) in [6.07, 6.45) is 9.81. The monoisotopic (exact) mass is 283 g/mol. The van der Waals surface area contributed by atoms with Crippen LogP contribution in [0.3, 0.4) is 0 Å². The van der Waals surface area contributed by atoms with Gasteiger partial charge in [0.15, 0.2) is 0 Å². The Morgan fingerprint density at radius 3 is 2.35 bits per heavy atom. The predicted octanol–water partition coefficient (Wildman–Crippen LogP) is 4.63. The summed E-state index contributed by atoms with van der Waals surface area (Å²) in [5.74, 6) is 1.64. The predicted molar refractivity (Wildman–Crippen MR) is 88.1 cm³/mol. The highest BCUT2D eigenvalue weighted by molar-refractivity contribution is 4.91. The summed E-state index contributed by atoms with van der Waals surface area (Å²) in [6, 6.07) is 0.583. The van der Waals surface area contributed by atoms with Gasteiger partial charge in [-0.15, -0.1) is 0 Å². The maximum atomic E-state index is 5.45. The van der Waals surface area contributed by atoms with Crippen molar-refractivity contribution in [2.45, 2.75) is 78.7 Å². The fraction of sp³-hybridized carbons (Fsp3) is 1.00. The molecule has 0 aromatic rings. The van der Waals surface area contributed by atoms with E-state index in [0.29, 0.717) is 17.4 Å². The van der Waals surface area contributed by atoms with E-state index in [1.54, 1.807) is 0 Å². The minimum absolute atomic E-state index is 0.461. The molecule has 1 aliphatic carbocycles. The highest BCUT2D eigenvalue weighted by Crippen LogP contribution is 2.45. The number of hydrogen-bond donors (Lipinski definition) is 1. The molecule has 2 heteroatoms. The zero-order valence-corrected chi connectivity index (χ0v) is 14.5. The first-order valence-corrected chi connectivity index (χ1v) is 8.76. The average molecular weight is 284 g/mol. The third-order valence-corrected chi connectivity index (χ3v) is 5.39. The molecule has 0 aromatic carbocycles. The molecule has 1 rings (SSSR count). The number of ether oxygens (including phenoxy) is 1. The van der Waals surface area contributed by atoms with E-state index in [1.165, 1.54) is 44.9 Å². The van der Waals surface area contributed by atoms with Gasteiger partial charge in [0.2, 0.25) is 0 Å². The highest BCUT2D eigenvalue weighted by atomic mass is 16.5. The molecule has 1 aliphatic rings. The van der Waals surface area contributed by atoms with E-state index in [2.05, 4.69) is 33.0 Å². The van der Waals surface area contributed by atoms with Gasteiger partial charge < -0.3 is 10.1 Å². The normalized spacial score (nSPS) is 28.8. The van der Waals surface area contributed by atoms with E-state index >= 15 is 0 Å². The van der Waals surface area contributed by atoms with Crippen molar-refractivity contribution in [1.29, 1.82) is 0 Å². The summed E-state index contributed by atoms with van der Waals surface area (Å²) in [7, 11) is 1.84. The van der Waals surface area contributed by atoms with Gasteiger partial charge in [0.1, 0.15) is 0 Å². The number of rotatable bonds is 9. The topological polar surface area (TPSA) is 21.3 Å². The fourth-order valence-corrected chi connectivity index (χ4v) is 3.71. The molecule has 0 spiro atoms. The van der Waals surface area contributed by atoms with Gasteiger partial charge in [0, 0.05) is 26.3 Å². The Morgan fingerprint density at radius 2 is 1.85 bits per heavy atom. The van der Waals surface area contributed by atoms with E-state index in [0.717, 1.165) is 19.1 Å². The van der Waals surface area contributed by atoms with Crippen LogP contribution in [0.2, 0.25) is 0 Å². The first kappa shape index (κ1) is 18.0. The van der Waals surface area contributed by atoms with Crippen LogP contribution in [0.15, 0.2) is 0 Å². The molecule has 2 nitrogen and oxygen atoms in total. The van der Waals surface area contributed by atoms with Crippen molar-refractivity contribution in [2.24, 2.45) is 17.3 Å². The number of nitrogens with one attached hydrogen (secondary N) is 1. The van der Waals surface area contributed by atoms with Crippen LogP contribution >= 0.6 is 0 Å². The van der Waals surface area contributed by atoms with Crippen molar-refractivity contribution in [3.8, 4) is 0 Å². The van der Waals surface area contributed by atoms with Crippen molar-refractivity contribution < 1.29 is 4.74 Å². The van der Waals surface area contributed by atoms with E-state index < -0.39 is 0 Å². The van der Waals surface area contributed by atoms with Crippen LogP contribution in [-0.2, 0) is 4.74 Å². The lowest BCUT2D eigenvalue weighted by Gasteiger charge is -2.45. The van der Waals surface area contributed by atoms with Crippen LogP contribution in [0.25, 0.3) is 0 Å². The van der Waals surface area contributed by atoms with Gasteiger partial charge in [-0.1, -0.05) is 47.0 Å². The van der Waals surface area contributed by atoms with Gasteiger partial charge in [0.05, 0.1) is 0 Å². The quantitative estimate of drug-likeness (QED) is 0.666. The summed E-state index contributed by atoms with van der Waals surface area (Å²) < 4.78 is 5.45. The molecule has 1 N–H and O–H groups in total. The zero-order chi connectivity index (χ0) is 15.0. The Labute approximate surface area is 127 Å². The molecular weight excluding hydrogens is 246 g/mol. The molecule has 1 unspecified atom stereocenters. The van der Waals surface area contributed by atoms with E-state index in [4.69, 9.17) is 4.74 Å². The van der Waals surface area contributed by atoms with Crippen molar-refractivity contribution in [3.63, 3.8) is 0 Å². The standard InChI is InChI=1S/C18H37NO/c1-6-7-8-17-9-11-18(12-10-17,14-19-15(2)3)16(4)13-20-5/h15-17,19H,6-14H2,1-5H3. The Hall–Kier alpha value is -0.0800. The highest BCUT2D eigenvalue weighted by Gasteiger charge is 2.39. The molecule has 120 valence electrons. The lowest BCUT2D eigenvalue weighted by atomic mass is 9.63. The molecule has 1 atom stereocenters. The summed E-state index contributed by atoms with van der Waals surface area (Å²) in [6.45, 7) is 11.3. The molecular formula is C18H37NO. The summed E-state index contributed by atoms with van der Waals surface area (Å²) in [4.78, 5) is 0. The van der Waals surface area contributed by atoms with Crippen LogP contribution in [-0.4, -0.2) is 26.3 Å². The fourth-order valence-electron chi connectivity index (χ4n) is 3.71. The minimum atomic E-state index is 0.461. The van der Waals surface area contributed by atoms with Gasteiger partial charge in [0.25, 0.3) is 0 Å². The van der Waals surface area contributed by atoms with Gasteiger partial charge in [-0.2, -0.15) is 0 Å². The molecule has 0 amide bonds. The van der Waals surface area contributed by atoms with Crippen molar-refractivity contribution in [2.75, 3.05) is 20.3 Å². The largest absolute Gasteiger partial charge is 0.384 e. The smallest absolute Gasteiger partial charge is 0.0493 e. The van der Waals surface area contributed by atoms with Crippen LogP contribution in [0.5, 0.6) is 0 Å². The third kappa shape index (κ3) is 5.37. The average Bonchev–Trinajstić information content (AvgIpc) is 2.44. The van der Waals surface area contributed by atoms with Gasteiger partial charge >= 0.3 is 0 Å². The minimum Gasteiger partial charge on any atom is -0.384 e. The first-order chi connectivity index (χ1) is 9.54. The summed E-state index contributed by atoms with van der Waals surface area (Å²) >= 11 is 0. The molecule has 0 bridgehead atoms. The number of methoxy groups -OCH3 is 1. The number of hydrogen-bond acceptors (Lipinski definition) is 2. The molecule has 1 saturated carbocycles. The van der Waals surface area contributed by atoms with Gasteiger partial charge in [-0.25, -0.2) is 0 Å². The molecule has 0 radical (unpaired) electrons. The molecule has 0 heterocycles. The zero-order valence-electron chi connectivity index (χ0n) is 14.5. The first-order valence-electron chi connectivity index (χ1n) is 8.76. The Bertz CT molecular complexity index is 244. The van der Waals surface area contributed by atoms with E-state index in [-0.39, 0.29) is 0 Å². The third-order valence-electron chi connectivity index (χ3n) is 5.39. The molecule has 0 aliphatic heterocycles. The van der Waals surface area contributed by atoms with E-state index in [1.807, 2.05) is 7.11 Å². The Kier molecular flexibility index (Phi) is 8.13. The van der Waals surface area contributed by atoms with Gasteiger partial charge in [-0.3, -0.25) is 0 Å². The van der Waals surface area contributed by atoms with Crippen LogP contribution in [0.1, 0.15) is 72.6 Å². The second-order valence-corrected chi connectivity index (χ2v) is 7.34. The lowest BCUT2D eigenvalue weighted by molar-refractivity contribution is 0.0249. The van der Waals surface area contributed by atoms with Crippen LogP contribution < -0.4 is 5.32 Å². The Morgan fingerprint density at radius 1 is 1.20 bits per heavy atom. The molecule has 0 aromatic heterocycles. The maximum absolute atomic E-state index is 5.45. The maximum Gasteiger partial charge on any atom is 0.0493 e.